The lowest BCUT2D eigenvalue weighted by atomic mass is 10.2. The number of aliphatic imine (C=N–C) groups is 1. The fraction of sp³-hybridized carbons (Fsp3) is 0.316. The summed E-state index contributed by atoms with van der Waals surface area (Å²) in [5.41, 5.74) is 9.34. The number of nitrogens with two attached hydrogens (primary N) is 1. The summed E-state index contributed by atoms with van der Waals surface area (Å²) in [6.45, 7) is 4.16. The van der Waals surface area contributed by atoms with Crippen LogP contribution < -0.4 is 11.1 Å². The molecule has 3 N–H and O–H groups in total. The quantitative estimate of drug-likeness (QED) is 0.283. The molecule has 0 heterocycles. The first-order valence-electron chi connectivity index (χ1n) is 7.99. The third-order valence-corrected chi connectivity index (χ3v) is 3.43. The fourth-order valence-electron chi connectivity index (χ4n) is 2.13. The summed E-state index contributed by atoms with van der Waals surface area (Å²) in [6, 6.07) is 18.4. The normalized spacial score (nSPS) is 11.0. The molecular weight excluding hydrogens is 413 g/mol. The number of halogens is 1. The van der Waals surface area contributed by atoms with Crippen LogP contribution in [0.15, 0.2) is 59.6 Å². The molecule has 0 spiro atoms. The van der Waals surface area contributed by atoms with E-state index < -0.39 is 0 Å². The Morgan fingerprint density at radius 2 is 1.75 bits per heavy atom. The lowest BCUT2D eigenvalue weighted by molar-refractivity contribution is 0.136. The van der Waals surface area contributed by atoms with Gasteiger partial charge in [-0.15, -0.1) is 24.0 Å². The van der Waals surface area contributed by atoms with Crippen molar-refractivity contribution in [3.05, 3.63) is 65.7 Å². The zero-order valence-electron chi connectivity index (χ0n) is 14.1. The zero-order valence-corrected chi connectivity index (χ0v) is 16.4. The van der Waals surface area contributed by atoms with E-state index in [1.54, 1.807) is 0 Å². The Labute approximate surface area is 161 Å². The van der Waals surface area contributed by atoms with Crippen LogP contribution in [0.1, 0.15) is 17.5 Å². The van der Waals surface area contributed by atoms with Gasteiger partial charge in [-0.3, -0.25) is 4.99 Å². The van der Waals surface area contributed by atoms with Gasteiger partial charge in [0.2, 0.25) is 0 Å². The van der Waals surface area contributed by atoms with Crippen molar-refractivity contribution < 1.29 is 4.74 Å². The molecule has 0 aliphatic heterocycles. The fourth-order valence-corrected chi connectivity index (χ4v) is 2.13. The van der Waals surface area contributed by atoms with E-state index in [1.807, 2.05) is 42.5 Å². The summed E-state index contributed by atoms with van der Waals surface area (Å²) in [7, 11) is 0. The van der Waals surface area contributed by atoms with Crippen LogP contribution in [0.4, 0.5) is 5.69 Å². The molecule has 0 fully saturated rings. The van der Waals surface area contributed by atoms with Crippen molar-refractivity contribution in [1.82, 2.24) is 0 Å². The van der Waals surface area contributed by atoms with Gasteiger partial charge >= 0.3 is 0 Å². The van der Waals surface area contributed by atoms with Crippen LogP contribution in [0.2, 0.25) is 0 Å². The minimum absolute atomic E-state index is 0. The second-order valence-corrected chi connectivity index (χ2v) is 5.46. The van der Waals surface area contributed by atoms with Gasteiger partial charge in [0.05, 0.1) is 6.61 Å². The molecule has 0 unspecified atom stereocenters. The summed E-state index contributed by atoms with van der Waals surface area (Å²) in [5.74, 6) is 0.443. The average Bonchev–Trinajstić information content (AvgIpc) is 2.57. The van der Waals surface area contributed by atoms with Gasteiger partial charge in [0, 0.05) is 18.8 Å². The molecule has 5 heteroatoms. The minimum atomic E-state index is 0. The molecule has 4 nitrogen and oxygen atoms in total. The molecule has 0 aliphatic carbocycles. The van der Waals surface area contributed by atoms with Crippen LogP contribution >= 0.6 is 24.0 Å². The third-order valence-electron chi connectivity index (χ3n) is 3.43. The number of hydrogen-bond donors (Lipinski definition) is 2. The first-order valence-corrected chi connectivity index (χ1v) is 7.99. The Morgan fingerprint density at radius 3 is 2.46 bits per heavy atom. The van der Waals surface area contributed by atoms with E-state index >= 15 is 0 Å². The number of nitrogens with zero attached hydrogens (tertiary/aromatic N) is 1. The Morgan fingerprint density at radius 1 is 1.04 bits per heavy atom. The van der Waals surface area contributed by atoms with Crippen LogP contribution in [0, 0.1) is 6.92 Å². The largest absolute Gasteiger partial charge is 0.381 e. The minimum Gasteiger partial charge on any atom is -0.381 e. The Bertz CT molecular complexity index is 600. The van der Waals surface area contributed by atoms with E-state index in [4.69, 9.17) is 10.5 Å². The average molecular weight is 439 g/mol. The topological polar surface area (TPSA) is 59.6 Å². The van der Waals surface area contributed by atoms with E-state index in [-0.39, 0.29) is 24.0 Å². The first-order chi connectivity index (χ1) is 11.2. The lowest BCUT2D eigenvalue weighted by Gasteiger charge is -2.06. The number of guanidine groups is 1. The van der Waals surface area contributed by atoms with Gasteiger partial charge in [-0.05, 0) is 37.5 Å². The molecule has 0 atom stereocenters. The predicted octanol–water partition coefficient (Wildman–Crippen LogP) is 3.99. The smallest absolute Gasteiger partial charge is 0.193 e. The summed E-state index contributed by atoms with van der Waals surface area (Å²) in [4.78, 5) is 4.30. The molecule has 0 saturated carbocycles. The number of ether oxygens (including phenoxy) is 1. The summed E-state index contributed by atoms with van der Waals surface area (Å²) in [6.07, 6.45) is 1.81. The number of nitrogens with one attached hydrogen (secondary N) is 1. The van der Waals surface area contributed by atoms with E-state index in [0.29, 0.717) is 19.1 Å². The van der Waals surface area contributed by atoms with Gasteiger partial charge in [-0.25, -0.2) is 0 Å². The van der Waals surface area contributed by atoms with E-state index in [2.05, 4.69) is 29.4 Å². The van der Waals surface area contributed by atoms with Gasteiger partial charge in [0.15, 0.2) is 5.96 Å². The monoisotopic (exact) mass is 439 g/mol. The van der Waals surface area contributed by atoms with Crippen LogP contribution in [-0.4, -0.2) is 25.7 Å². The van der Waals surface area contributed by atoms with Crippen molar-refractivity contribution in [2.45, 2.75) is 19.8 Å². The highest BCUT2D eigenvalue weighted by molar-refractivity contribution is 14.0. The first kappa shape index (κ1) is 20.4. The molecule has 2 rings (SSSR count). The molecule has 130 valence electrons. The van der Waals surface area contributed by atoms with E-state index in [1.165, 1.54) is 11.1 Å². The highest BCUT2D eigenvalue weighted by Gasteiger charge is 1.95. The van der Waals surface area contributed by atoms with Gasteiger partial charge in [-0.2, -0.15) is 0 Å². The molecule has 0 amide bonds. The van der Waals surface area contributed by atoms with Crippen molar-refractivity contribution in [2.24, 2.45) is 10.7 Å². The third kappa shape index (κ3) is 8.31. The van der Waals surface area contributed by atoms with Crippen LogP contribution in [-0.2, 0) is 11.2 Å². The maximum absolute atomic E-state index is 5.86. The second kappa shape index (κ2) is 11.9. The van der Waals surface area contributed by atoms with Crippen molar-refractivity contribution in [3.8, 4) is 0 Å². The Balaban J connectivity index is 0.00000288. The highest BCUT2D eigenvalue weighted by Crippen LogP contribution is 2.07. The number of rotatable bonds is 8. The predicted molar refractivity (Wildman–Crippen MR) is 112 cm³/mol. The Hall–Kier alpha value is -1.60. The van der Waals surface area contributed by atoms with Gasteiger partial charge in [-0.1, -0.05) is 48.0 Å². The SMILES string of the molecule is Cc1ccc(NC(N)=NCCCOCCc2ccccc2)cc1.I. The van der Waals surface area contributed by atoms with Crippen molar-refractivity contribution in [2.75, 3.05) is 25.1 Å². The van der Waals surface area contributed by atoms with Gasteiger partial charge < -0.3 is 15.8 Å². The van der Waals surface area contributed by atoms with Gasteiger partial charge in [0.25, 0.3) is 0 Å². The van der Waals surface area contributed by atoms with Gasteiger partial charge in [0.1, 0.15) is 0 Å². The van der Waals surface area contributed by atoms with Crippen molar-refractivity contribution >= 4 is 35.6 Å². The second-order valence-electron chi connectivity index (χ2n) is 5.46. The molecule has 0 radical (unpaired) electrons. The van der Waals surface area contributed by atoms with Crippen LogP contribution in [0.25, 0.3) is 0 Å². The van der Waals surface area contributed by atoms with E-state index in [0.717, 1.165) is 25.1 Å². The Kier molecular flexibility index (Phi) is 10.1. The highest BCUT2D eigenvalue weighted by atomic mass is 127. The molecule has 2 aromatic rings. The van der Waals surface area contributed by atoms with Crippen molar-refractivity contribution in [3.63, 3.8) is 0 Å². The standard InChI is InChI=1S/C19H25N3O.HI/c1-16-8-10-18(11-9-16)22-19(20)21-13-5-14-23-15-12-17-6-3-2-4-7-17;/h2-4,6-11H,5,12-15H2,1H3,(H3,20,21,22);1H. The molecule has 24 heavy (non-hydrogen) atoms. The number of anilines is 1. The molecule has 0 aromatic heterocycles. The molecule has 0 saturated heterocycles. The summed E-state index contributed by atoms with van der Waals surface area (Å²) in [5, 5.41) is 3.08. The van der Waals surface area contributed by atoms with Crippen LogP contribution in [0.3, 0.4) is 0 Å². The number of benzene rings is 2. The zero-order chi connectivity index (χ0) is 16.3. The number of hydrogen-bond acceptors (Lipinski definition) is 2. The molecular formula is C19H26IN3O. The maximum Gasteiger partial charge on any atom is 0.193 e. The van der Waals surface area contributed by atoms with Crippen LogP contribution in [0.5, 0.6) is 0 Å². The summed E-state index contributed by atoms with van der Waals surface area (Å²) < 4.78 is 5.62. The maximum atomic E-state index is 5.86. The molecule has 2 aromatic carbocycles. The van der Waals surface area contributed by atoms with Crippen molar-refractivity contribution in [1.29, 1.82) is 0 Å². The molecule has 0 bridgehead atoms. The number of aryl methyl sites for hydroxylation is 1. The van der Waals surface area contributed by atoms with E-state index in [9.17, 15) is 0 Å². The molecule has 0 aliphatic rings. The lowest BCUT2D eigenvalue weighted by Crippen LogP contribution is -2.23. The summed E-state index contributed by atoms with van der Waals surface area (Å²) >= 11 is 0.